The quantitative estimate of drug-likeness (QED) is 0.623. The van der Waals surface area contributed by atoms with Gasteiger partial charge in [-0.2, -0.15) is 0 Å². The number of hydrogen-bond acceptors (Lipinski definition) is 4. The maximum atomic E-state index is 11.6. The Morgan fingerprint density at radius 2 is 1.96 bits per heavy atom. The first-order valence-corrected chi connectivity index (χ1v) is 8.24. The number of imide groups is 1. The highest BCUT2D eigenvalue weighted by molar-refractivity contribution is 6.32. The molecule has 2 N–H and O–H groups in total. The number of carbonyl (C=O) groups is 2. The van der Waals surface area contributed by atoms with Gasteiger partial charge in [0.05, 0.1) is 12.1 Å². The van der Waals surface area contributed by atoms with E-state index in [1.807, 2.05) is 31.2 Å². The van der Waals surface area contributed by atoms with Crippen molar-refractivity contribution in [1.82, 2.24) is 10.6 Å². The summed E-state index contributed by atoms with van der Waals surface area (Å²) in [5, 5.41) is 4.90. The number of ether oxygens (including phenoxy) is 2. The van der Waals surface area contributed by atoms with Crippen LogP contribution in [0.2, 0.25) is 5.02 Å². The van der Waals surface area contributed by atoms with E-state index < -0.39 is 11.9 Å². The molecular formula is C19H17ClN2O4. The Kier molecular flexibility index (Phi) is 5.14. The molecule has 3 amide bonds. The fraction of sp³-hybridized carbons (Fsp3) is 0.158. The van der Waals surface area contributed by atoms with Gasteiger partial charge in [-0.3, -0.25) is 10.1 Å². The second-order valence-electron chi connectivity index (χ2n) is 5.78. The highest BCUT2D eigenvalue weighted by Gasteiger charge is 2.23. The minimum Gasteiger partial charge on any atom is -0.493 e. The van der Waals surface area contributed by atoms with Gasteiger partial charge in [-0.05, 0) is 36.3 Å². The lowest BCUT2D eigenvalue weighted by atomic mass is 10.1. The molecule has 0 saturated carbocycles. The number of hydrogen-bond donors (Lipinski definition) is 2. The molecule has 0 bridgehead atoms. The van der Waals surface area contributed by atoms with Crippen molar-refractivity contribution in [2.24, 2.45) is 0 Å². The molecule has 134 valence electrons. The van der Waals surface area contributed by atoms with E-state index in [4.69, 9.17) is 21.1 Å². The van der Waals surface area contributed by atoms with E-state index >= 15 is 0 Å². The number of amides is 3. The molecule has 2 aromatic rings. The molecule has 0 spiro atoms. The van der Waals surface area contributed by atoms with Crippen LogP contribution in [0.15, 0.2) is 42.1 Å². The number of urea groups is 1. The van der Waals surface area contributed by atoms with E-state index in [2.05, 4.69) is 10.6 Å². The van der Waals surface area contributed by atoms with Crippen LogP contribution in [0.4, 0.5) is 4.79 Å². The molecule has 26 heavy (non-hydrogen) atoms. The summed E-state index contributed by atoms with van der Waals surface area (Å²) < 4.78 is 11.2. The molecule has 6 nitrogen and oxygen atoms in total. The van der Waals surface area contributed by atoms with Crippen LogP contribution in [-0.2, 0) is 11.4 Å². The third-order valence-corrected chi connectivity index (χ3v) is 4.03. The Balaban J connectivity index is 1.84. The molecule has 0 aliphatic carbocycles. The lowest BCUT2D eigenvalue weighted by Gasteiger charge is -2.14. The van der Waals surface area contributed by atoms with Crippen LogP contribution >= 0.6 is 11.6 Å². The number of nitrogens with one attached hydrogen (secondary N) is 2. The zero-order valence-corrected chi connectivity index (χ0v) is 15.0. The summed E-state index contributed by atoms with van der Waals surface area (Å²) in [5.74, 6) is 0.351. The molecule has 1 fully saturated rings. The second-order valence-corrected chi connectivity index (χ2v) is 6.19. The smallest absolute Gasteiger partial charge is 0.326 e. The van der Waals surface area contributed by atoms with Gasteiger partial charge in [0.25, 0.3) is 5.91 Å². The first kappa shape index (κ1) is 17.8. The fourth-order valence-corrected chi connectivity index (χ4v) is 2.84. The zero-order valence-electron chi connectivity index (χ0n) is 14.3. The Morgan fingerprint density at radius 1 is 1.15 bits per heavy atom. The Morgan fingerprint density at radius 3 is 2.62 bits per heavy atom. The van der Waals surface area contributed by atoms with Gasteiger partial charge in [0, 0.05) is 0 Å². The van der Waals surface area contributed by atoms with Crippen molar-refractivity contribution in [1.29, 1.82) is 0 Å². The van der Waals surface area contributed by atoms with Crippen molar-refractivity contribution in [3.63, 3.8) is 0 Å². The van der Waals surface area contributed by atoms with Gasteiger partial charge in [-0.15, -0.1) is 0 Å². The van der Waals surface area contributed by atoms with Crippen molar-refractivity contribution in [2.75, 3.05) is 7.11 Å². The van der Waals surface area contributed by atoms with Crippen molar-refractivity contribution in [2.45, 2.75) is 13.5 Å². The predicted octanol–water partition coefficient (Wildman–Crippen LogP) is 3.42. The van der Waals surface area contributed by atoms with Crippen LogP contribution in [0.25, 0.3) is 6.08 Å². The molecule has 0 aromatic heterocycles. The van der Waals surface area contributed by atoms with Gasteiger partial charge in [0.15, 0.2) is 11.5 Å². The van der Waals surface area contributed by atoms with E-state index in [0.717, 1.165) is 11.1 Å². The first-order chi connectivity index (χ1) is 12.5. The maximum absolute atomic E-state index is 11.6. The van der Waals surface area contributed by atoms with Crippen LogP contribution in [0.5, 0.6) is 11.5 Å². The predicted molar refractivity (Wildman–Crippen MR) is 98.2 cm³/mol. The molecule has 2 aromatic carbocycles. The molecule has 0 radical (unpaired) electrons. The Labute approximate surface area is 155 Å². The first-order valence-electron chi connectivity index (χ1n) is 7.86. The molecule has 1 aliphatic rings. The third kappa shape index (κ3) is 3.97. The van der Waals surface area contributed by atoms with Gasteiger partial charge in [0.2, 0.25) is 0 Å². The van der Waals surface area contributed by atoms with Gasteiger partial charge < -0.3 is 14.8 Å². The molecule has 3 rings (SSSR count). The van der Waals surface area contributed by atoms with Crippen molar-refractivity contribution < 1.29 is 19.1 Å². The maximum Gasteiger partial charge on any atom is 0.326 e. The molecule has 0 atom stereocenters. The number of rotatable bonds is 5. The van der Waals surface area contributed by atoms with Gasteiger partial charge >= 0.3 is 6.03 Å². The van der Waals surface area contributed by atoms with Crippen LogP contribution in [0, 0.1) is 6.92 Å². The zero-order chi connectivity index (χ0) is 18.7. The average Bonchev–Trinajstić information content (AvgIpc) is 2.90. The van der Waals surface area contributed by atoms with Crippen LogP contribution in [-0.4, -0.2) is 19.0 Å². The number of carbonyl (C=O) groups excluding carboxylic acids is 2. The van der Waals surface area contributed by atoms with Crippen molar-refractivity contribution in [3.8, 4) is 11.5 Å². The topological polar surface area (TPSA) is 76.7 Å². The van der Waals surface area contributed by atoms with E-state index in [1.54, 1.807) is 12.1 Å². The summed E-state index contributed by atoms with van der Waals surface area (Å²) in [4.78, 5) is 22.8. The Hall–Kier alpha value is -2.99. The van der Waals surface area contributed by atoms with E-state index in [0.29, 0.717) is 28.7 Å². The van der Waals surface area contributed by atoms with E-state index in [1.165, 1.54) is 13.2 Å². The van der Waals surface area contributed by atoms with Crippen LogP contribution in [0.1, 0.15) is 16.7 Å². The van der Waals surface area contributed by atoms with Crippen LogP contribution < -0.4 is 20.1 Å². The Bertz CT molecular complexity index is 908. The van der Waals surface area contributed by atoms with Gasteiger partial charge in [0.1, 0.15) is 12.3 Å². The third-order valence-electron chi connectivity index (χ3n) is 3.75. The lowest BCUT2D eigenvalue weighted by molar-refractivity contribution is -0.115. The molecular weight excluding hydrogens is 356 g/mol. The van der Waals surface area contributed by atoms with Gasteiger partial charge in [-0.1, -0.05) is 41.4 Å². The molecule has 1 aliphatic heterocycles. The fourth-order valence-electron chi connectivity index (χ4n) is 2.57. The largest absolute Gasteiger partial charge is 0.493 e. The van der Waals surface area contributed by atoms with E-state index in [-0.39, 0.29) is 5.70 Å². The minimum atomic E-state index is -0.558. The van der Waals surface area contributed by atoms with Crippen molar-refractivity contribution in [3.05, 3.63) is 63.8 Å². The number of aryl methyl sites for hydroxylation is 1. The van der Waals surface area contributed by atoms with Crippen molar-refractivity contribution >= 4 is 29.6 Å². The number of methoxy groups -OCH3 is 1. The standard InChI is InChI=1S/C19H17ClN2O4/c1-11-4-3-5-12(6-11)10-26-17-14(20)7-13(9-16(17)25-2)8-15-18(23)22-19(24)21-15/h3-9H,10H2,1-2H3,(H2,21,22,23,24). The summed E-state index contributed by atoms with van der Waals surface area (Å²) in [7, 11) is 1.51. The molecule has 0 unspecified atom stereocenters. The number of halogens is 1. The van der Waals surface area contributed by atoms with E-state index in [9.17, 15) is 9.59 Å². The summed E-state index contributed by atoms with van der Waals surface area (Å²) >= 11 is 6.34. The summed E-state index contributed by atoms with van der Waals surface area (Å²) in [6.07, 6.45) is 1.51. The van der Waals surface area contributed by atoms with Gasteiger partial charge in [-0.25, -0.2) is 4.79 Å². The summed E-state index contributed by atoms with van der Waals surface area (Å²) in [6, 6.07) is 10.7. The molecule has 1 heterocycles. The summed E-state index contributed by atoms with van der Waals surface area (Å²) in [6.45, 7) is 2.36. The molecule has 7 heteroatoms. The highest BCUT2D eigenvalue weighted by Crippen LogP contribution is 2.37. The average molecular weight is 373 g/mol. The van der Waals surface area contributed by atoms with Crippen LogP contribution in [0.3, 0.4) is 0 Å². The molecule has 1 saturated heterocycles. The minimum absolute atomic E-state index is 0.140. The SMILES string of the molecule is COc1cc(C=C2NC(=O)NC2=O)cc(Cl)c1OCc1cccc(C)c1. The summed E-state index contributed by atoms with van der Waals surface area (Å²) in [5.41, 5.74) is 2.89. The highest BCUT2D eigenvalue weighted by atomic mass is 35.5. The number of benzene rings is 2. The normalized spacial score (nSPS) is 15.0. The second kappa shape index (κ2) is 7.49. The monoisotopic (exact) mass is 372 g/mol. The lowest BCUT2D eigenvalue weighted by Crippen LogP contribution is -2.22.